The number of nitrogens with two attached hydrogens (primary N) is 1. The van der Waals surface area contributed by atoms with Crippen LogP contribution in [0.4, 0.5) is 5.69 Å². The van der Waals surface area contributed by atoms with E-state index in [9.17, 15) is 0 Å². The van der Waals surface area contributed by atoms with E-state index < -0.39 is 0 Å². The number of rotatable bonds is 3. The minimum absolute atomic E-state index is 0.537. The zero-order valence-corrected chi connectivity index (χ0v) is 7.92. The van der Waals surface area contributed by atoms with Crippen LogP contribution in [0.2, 0.25) is 0 Å². The van der Waals surface area contributed by atoms with Crippen molar-refractivity contribution in [1.82, 2.24) is 0 Å². The van der Waals surface area contributed by atoms with Gasteiger partial charge in [-0.05, 0) is 24.1 Å². The lowest BCUT2D eigenvalue weighted by Gasteiger charge is -2.09. The predicted octanol–water partition coefficient (Wildman–Crippen LogP) is 1.84. The molecule has 0 aromatic heterocycles. The van der Waals surface area contributed by atoms with E-state index in [1.807, 2.05) is 12.1 Å². The molecule has 0 spiro atoms. The number of benzene rings is 1. The SMILES string of the molecule is CCc1cc(C=N)c(N)c(OC)c1. The van der Waals surface area contributed by atoms with Crippen molar-refractivity contribution in [3.63, 3.8) is 0 Å². The summed E-state index contributed by atoms with van der Waals surface area (Å²) < 4.78 is 5.10. The Morgan fingerprint density at radius 2 is 2.23 bits per heavy atom. The molecule has 0 radical (unpaired) electrons. The molecule has 0 aliphatic heterocycles. The number of methoxy groups -OCH3 is 1. The standard InChI is InChI=1S/C10H14N2O/c1-3-7-4-8(6-11)10(12)9(5-7)13-2/h4-6,11H,3,12H2,1-2H3. The van der Waals surface area contributed by atoms with Crippen LogP contribution in [-0.4, -0.2) is 13.3 Å². The van der Waals surface area contributed by atoms with Gasteiger partial charge >= 0.3 is 0 Å². The number of hydrogen-bond donors (Lipinski definition) is 2. The zero-order chi connectivity index (χ0) is 9.84. The van der Waals surface area contributed by atoms with Crippen LogP contribution < -0.4 is 10.5 Å². The van der Waals surface area contributed by atoms with E-state index in [-0.39, 0.29) is 0 Å². The summed E-state index contributed by atoms with van der Waals surface area (Å²) in [6.45, 7) is 2.05. The first-order valence-corrected chi connectivity index (χ1v) is 4.19. The van der Waals surface area contributed by atoms with Gasteiger partial charge in [-0.15, -0.1) is 0 Å². The van der Waals surface area contributed by atoms with Crippen molar-refractivity contribution in [3.8, 4) is 5.75 Å². The van der Waals surface area contributed by atoms with Gasteiger partial charge in [0.25, 0.3) is 0 Å². The molecule has 3 N–H and O–H groups in total. The van der Waals surface area contributed by atoms with Gasteiger partial charge in [-0.3, -0.25) is 0 Å². The van der Waals surface area contributed by atoms with Gasteiger partial charge in [-0.2, -0.15) is 0 Å². The van der Waals surface area contributed by atoms with Gasteiger partial charge in [0.15, 0.2) is 0 Å². The van der Waals surface area contributed by atoms with Crippen LogP contribution in [0.1, 0.15) is 18.1 Å². The third-order valence-electron chi connectivity index (χ3n) is 2.02. The van der Waals surface area contributed by atoms with Crippen LogP contribution >= 0.6 is 0 Å². The molecule has 0 atom stereocenters. The maximum atomic E-state index is 7.17. The van der Waals surface area contributed by atoms with E-state index in [2.05, 4.69) is 6.92 Å². The Labute approximate surface area is 78.0 Å². The van der Waals surface area contributed by atoms with Crippen molar-refractivity contribution < 1.29 is 4.74 Å². The van der Waals surface area contributed by atoms with Gasteiger partial charge in [0, 0.05) is 11.8 Å². The first kappa shape index (κ1) is 9.58. The van der Waals surface area contributed by atoms with E-state index in [1.54, 1.807) is 7.11 Å². The molecule has 13 heavy (non-hydrogen) atoms. The molecule has 1 aromatic carbocycles. The number of hydrogen-bond acceptors (Lipinski definition) is 3. The maximum absolute atomic E-state index is 7.17. The predicted molar refractivity (Wildman–Crippen MR) is 54.7 cm³/mol. The molecule has 3 nitrogen and oxygen atoms in total. The van der Waals surface area contributed by atoms with Crippen molar-refractivity contribution >= 4 is 11.9 Å². The quantitative estimate of drug-likeness (QED) is 0.548. The van der Waals surface area contributed by atoms with Gasteiger partial charge in [0.1, 0.15) is 5.75 Å². The van der Waals surface area contributed by atoms with Crippen LogP contribution in [0.25, 0.3) is 0 Å². The lowest BCUT2D eigenvalue weighted by molar-refractivity contribution is 0.416. The average Bonchev–Trinajstić information content (AvgIpc) is 2.18. The minimum atomic E-state index is 0.537. The first-order chi connectivity index (χ1) is 6.22. The highest BCUT2D eigenvalue weighted by Crippen LogP contribution is 2.26. The summed E-state index contributed by atoms with van der Waals surface area (Å²) in [5.74, 6) is 0.651. The Balaban J connectivity index is 3.28. The van der Waals surface area contributed by atoms with Crippen molar-refractivity contribution in [3.05, 3.63) is 23.3 Å². The van der Waals surface area contributed by atoms with Gasteiger partial charge in [0.05, 0.1) is 12.8 Å². The molecule has 0 bridgehead atoms. The fourth-order valence-corrected chi connectivity index (χ4v) is 1.20. The molecule has 0 heterocycles. The summed E-state index contributed by atoms with van der Waals surface area (Å²) in [6, 6.07) is 3.81. The third kappa shape index (κ3) is 1.80. The monoisotopic (exact) mass is 178 g/mol. The van der Waals surface area contributed by atoms with E-state index in [4.69, 9.17) is 15.9 Å². The highest BCUT2D eigenvalue weighted by Gasteiger charge is 2.05. The van der Waals surface area contributed by atoms with Crippen LogP contribution in [0.3, 0.4) is 0 Å². The minimum Gasteiger partial charge on any atom is -0.495 e. The van der Waals surface area contributed by atoms with Crippen LogP contribution in [-0.2, 0) is 6.42 Å². The Morgan fingerprint density at radius 1 is 1.54 bits per heavy atom. The molecule has 0 saturated carbocycles. The molecule has 1 aromatic rings. The topological polar surface area (TPSA) is 59.1 Å². The van der Waals surface area contributed by atoms with Crippen molar-refractivity contribution in [2.75, 3.05) is 12.8 Å². The lowest BCUT2D eigenvalue weighted by atomic mass is 10.1. The van der Waals surface area contributed by atoms with Crippen LogP contribution in [0.5, 0.6) is 5.75 Å². The number of nitrogens with one attached hydrogen (secondary N) is 1. The number of nitrogen functional groups attached to an aromatic ring is 1. The summed E-state index contributed by atoms with van der Waals surface area (Å²) >= 11 is 0. The zero-order valence-electron chi connectivity index (χ0n) is 7.92. The van der Waals surface area contributed by atoms with Crippen molar-refractivity contribution in [2.45, 2.75) is 13.3 Å². The van der Waals surface area contributed by atoms with Crippen LogP contribution in [0, 0.1) is 5.41 Å². The molecule has 1 rings (SSSR count). The smallest absolute Gasteiger partial charge is 0.142 e. The molecular formula is C10H14N2O. The molecule has 0 fully saturated rings. The van der Waals surface area contributed by atoms with E-state index in [0.29, 0.717) is 11.4 Å². The first-order valence-electron chi connectivity index (χ1n) is 4.19. The van der Waals surface area contributed by atoms with E-state index in [1.165, 1.54) is 6.21 Å². The molecular weight excluding hydrogens is 164 g/mol. The number of anilines is 1. The summed E-state index contributed by atoms with van der Waals surface area (Å²) in [5, 5.41) is 7.17. The molecule has 0 unspecified atom stereocenters. The number of aryl methyl sites for hydroxylation is 1. The molecule has 0 amide bonds. The summed E-state index contributed by atoms with van der Waals surface area (Å²) in [7, 11) is 1.58. The molecule has 70 valence electrons. The van der Waals surface area contributed by atoms with Crippen molar-refractivity contribution in [1.29, 1.82) is 5.41 Å². The fourth-order valence-electron chi connectivity index (χ4n) is 1.20. The Morgan fingerprint density at radius 3 is 2.69 bits per heavy atom. The highest BCUT2D eigenvalue weighted by molar-refractivity contribution is 5.87. The Kier molecular flexibility index (Phi) is 2.90. The Hall–Kier alpha value is -1.51. The molecule has 0 aliphatic rings. The summed E-state index contributed by atoms with van der Waals surface area (Å²) in [4.78, 5) is 0. The normalized spacial score (nSPS) is 9.69. The molecule has 0 aliphatic carbocycles. The van der Waals surface area contributed by atoms with Crippen LogP contribution in [0.15, 0.2) is 12.1 Å². The maximum Gasteiger partial charge on any atom is 0.142 e. The van der Waals surface area contributed by atoms with E-state index in [0.717, 1.165) is 17.5 Å². The second-order valence-electron chi connectivity index (χ2n) is 2.80. The summed E-state index contributed by atoms with van der Waals surface area (Å²) in [5.41, 5.74) is 8.14. The molecule has 3 heteroatoms. The molecule has 0 saturated heterocycles. The van der Waals surface area contributed by atoms with Gasteiger partial charge < -0.3 is 15.9 Å². The fraction of sp³-hybridized carbons (Fsp3) is 0.300. The number of ether oxygens (including phenoxy) is 1. The average molecular weight is 178 g/mol. The highest BCUT2D eigenvalue weighted by atomic mass is 16.5. The van der Waals surface area contributed by atoms with Crippen molar-refractivity contribution in [2.24, 2.45) is 0 Å². The van der Waals surface area contributed by atoms with Gasteiger partial charge in [-0.25, -0.2) is 0 Å². The Bertz CT molecular complexity index is 321. The lowest BCUT2D eigenvalue weighted by Crippen LogP contribution is -1.99. The summed E-state index contributed by atoms with van der Waals surface area (Å²) in [6.07, 6.45) is 2.16. The largest absolute Gasteiger partial charge is 0.495 e. The third-order valence-corrected chi connectivity index (χ3v) is 2.02. The second-order valence-corrected chi connectivity index (χ2v) is 2.80. The second kappa shape index (κ2) is 3.94. The van der Waals surface area contributed by atoms with Gasteiger partial charge in [-0.1, -0.05) is 6.92 Å². The van der Waals surface area contributed by atoms with Gasteiger partial charge in [0.2, 0.25) is 0 Å². The van der Waals surface area contributed by atoms with E-state index >= 15 is 0 Å².